The maximum absolute atomic E-state index is 5.67. The molecule has 3 heteroatoms. The van der Waals surface area contributed by atoms with Gasteiger partial charge in [0.1, 0.15) is 12.4 Å². The van der Waals surface area contributed by atoms with E-state index in [0.29, 0.717) is 6.61 Å². The first-order chi connectivity index (χ1) is 7.72. The Balaban J connectivity index is 2.20. The van der Waals surface area contributed by atoms with Crippen LogP contribution < -0.4 is 10.5 Å². The molecule has 0 heterocycles. The first kappa shape index (κ1) is 12.8. The lowest BCUT2D eigenvalue weighted by molar-refractivity contribution is 0.235. The van der Waals surface area contributed by atoms with Crippen LogP contribution in [0.1, 0.15) is 19.8 Å². The predicted octanol–water partition coefficient (Wildman–Crippen LogP) is 2.38. The van der Waals surface area contributed by atoms with Crippen LogP contribution in [0.25, 0.3) is 0 Å². The van der Waals surface area contributed by atoms with Gasteiger partial charge < -0.3 is 15.4 Å². The van der Waals surface area contributed by atoms with Crippen LogP contribution in [0.3, 0.4) is 0 Å². The lowest BCUT2D eigenvalue weighted by atomic mass is 10.3. The molecule has 2 N–H and O–H groups in total. The first-order valence-electron chi connectivity index (χ1n) is 5.89. The summed E-state index contributed by atoms with van der Waals surface area (Å²) in [6.07, 6.45) is 2.48. The van der Waals surface area contributed by atoms with Crippen LogP contribution in [-0.2, 0) is 0 Å². The van der Waals surface area contributed by atoms with Crippen molar-refractivity contribution in [3.05, 3.63) is 24.3 Å². The van der Waals surface area contributed by atoms with Crippen molar-refractivity contribution in [2.24, 2.45) is 0 Å². The largest absolute Gasteiger partial charge is 0.492 e. The van der Waals surface area contributed by atoms with E-state index in [-0.39, 0.29) is 0 Å². The zero-order valence-corrected chi connectivity index (χ0v) is 10.3. The van der Waals surface area contributed by atoms with Crippen molar-refractivity contribution in [3.63, 3.8) is 0 Å². The highest BCUT2D eigenvalue weighted by Crippen LogP contribution is 2.14. The van der Waals surface area contributed by atoms with Crippen molar-refractivity contribution in [2.45, 2.75) is 19.8 Å². The van der Waals surface area contributed by atoms with Gasteiger partial charge in [0.25, 0.3) is 0 Å². The van der Waals surface area contributed by atoms with E-state index in [1.165, 1.54) is 12.8 Å². The molecule has 90 valence electrons. The van der Waals surface area contributed by atoms with Gasteiger partial charge in [-0.2, -0.15) is 0 Å². The second-order valence-electron chi connectivity index (χ2n) is 4.08. The Morgan fingerprint density at radius 1 is 1.31 bits per heavy atom. The molecule has 1 aromatic rings. The normalized spacial score (nSPS) is 10.7. The number of nitrogen functional groups attached to an aromatic ring is 1. The Labute approximate surface area is 98.2 Å². The van der Waals surface area contributed by atoms with Gasteiger partial charge in [-0.1, -0.05) is 19.4 Å². The molecule has 1 rings (SSSR count). The summed E-state index contributed by atoms with van der Waals surface area (Å²) in [5.41, 5.74) is 6.41. The van der Waals surface area contributed by atoms with Crippen LogP contribution in [0.2, 0.25) is 0 Å². The molecule has 16 heavy (non-hydrogen) atoms. The van der Waals surface area contributed by atoms with Crippen molar-refractivity contribution in [1.29, 1.82) is 0 Å². The summed E-state index contributed by atoms with van der Waals surface area (Å²) < 4.78 is 5.62. The number of ether oxygens (including phenoxy) is 1. The smallest absolute Gasteiger partial charge is 0.121 e. The third-order valence-corrected chi connectivity index (χ3v) is 2.49. The standard InChI is InChI=1S/C13H22N2O/c1-3-4-8-15(2)9-10-16-13-7-5-6-12(14)11-13/h5-7,11H,3-4,8-10,14H2,1-2H3. The molecule has 0 spiro atoms. The van der Waals surface area contributed by atoms with Crippen molar-refractivity contribution < 1.29 is 4.74 Å². The highest BCUT2D eigenvalue weighted by Gasteiger charge is 1.98. The van der Waals surface area contributed by atoms with E-state index in [1.807, 2.05) is 24.3 Å². The molecule has 0 unspecified atom stereocenters. The number of unbranched alkanes of at least 4 members (excludes halogenated alkanes) is 1. The third-order valence-electron chi connectivity index (χ3n) is 2.49. The molecule has 0 aliphatic rings. The molecule has 0 aliphatic carbocycles. The van der Waals surface area contributed by atoms with E-state index < -0.39 is 0 Å². The summed E-state index contributed by atoms with van der Waals surface area (Å²) in [4.78, 5) is 2.29. The fourth-order valence-electron chi connectivity index (χ4n) is 1.46. The topological polar surface area (TPSA) is 38.5 Å². The molecular formula is C13H22N2O. The number of rotatable bonds is 7. The van der Waals surface area contributed by atoms with Gasteiger partial charge in [0.15, 0.2) is 0 Å². The second kappa shape index (κ2) is 7.12. The molecule has 0 radical (unpaired) electrons. The number of anilines is 1. The van der Waals surface area contributed by atoms with Gasteiger partial charge in [-0.05, 0) is 32.1 Å². The van der Waals surface area contributed by atoms with Gasteiger partial charge in [-0.15, -0.1) is 0 Å². The van der Waals surface area contributed by atoms with Crippen molar-refractivity contribution in [3.8, 4) is 5.75 Å². The monoisotopic (exact) mass is 222 g/mol. The summed E-state index contributed by atoms with van der Waals surface area (Å²) in [5.74, 6) is 0.851. The average Bonchev–Trinajstić information content (AvgIpc) is 2.26. The average molecular weight is 222 g/mol. The van der Waals surface area contributed by atoms with Crippen molar-refractivity contribution in [1.82, 2.24) is 4.90 Å². The molecule has 0 saturated heterocycles. The number of nitrogens with two attached hydrogens (primary N) is 1. The quantitative estimate of drug-likeness (QED) is 0.720. The molecule has 1 aromatic carbocycles. The maximum Gasteiger partial charge on any atom is 0.121 e. The van der Waals surface area contributed by atoms with Crippen LogP contribution >= 0.6 is 0 Å². The zero-order chi connectivity index (χ0) is 11.8. The molecule has 0 bridgehead atoms. The van der Waals surface area contributed by atoms with Crippen LogP contribution in [0.5, 0.6) is 5.75 Å². The summed E-state index contributed by atoms with van der Waals surface area (Å²) in [6, 6.07) is 7.56. The summed E-state index contributed by atoms with van der Waals surface area (Å²) in [7, 11) is 2.12. The highest BCUT2D eigenvalue weighted by molar-refractivity contribution is 5.43. The number of benzene rings is 1. The van der Waals surface area contributed by atoms with E-state index in [1.54, 1.807) is 0 Å². The minimum Gasteiger partial charge on any atom is -0.492 e. The van der Waals surface area contributed by atoms with Gasteiger partial charge >= 0.3 is 0 Å². The molecule has 0 fully saturated rings. The Morgan fingerprint density at radius 3 is 2.81 bits per heavy atom. The van der Waals surface area contributed by atoms with Crippen molar-refractivity contribution in [2.75, 3.05) is 32.5 Å². The van der Waals surface area contributed by atoms with E-state index in [9.17, 15) is 0 Å². The van der Waals surface area contributed by atoms with Gasteiger partial charge in [0.2, 0.25) is 0 Å². The van der Waals surface area contributed by atoms with Crippen LogP contribution in [0.15, 0.2) is 24.3 Å². The number of nitrogens with zero attached hydrogens (tertiary/aromatic N) is 1. The van der Waals surface area contributed by atoms with Gasteiger partial charge in [0.05, 0.1) is 0 Å². The predicted molar refractivity (Wildman–Crippen MR) is 68.8 cm³/mol. The zero-order valence-electron chi connectivity index (χ0n) is 10.3. The highest BCUT2D eigenvalue weighted by atomic mass is 16.5. The molecule has 0 amide bonds. The van der Waals surface area contributed by atoms with Crippen LogP contribution in [-0.4, -0.2) is 31.6 Å². The SMILES string of the molecule is CCCCN(C)CCOc1cccc(N)c1. The van der Waals surface area contributed by atoms with E-state index in [0.717, 1.165) is 24.5 Å². The van der Waals surface area contributed by atoms with Crippen molar-refractivity contribution >= 4 is 5.69 Å². The van der Waals surface area contributed by atoms with Gasteiger partial charge in [-0.25, -0.2) is 0 Å². The Kier molecular flexibility index (Phi) is 5.72. The molecule has 0 aromatic heterocycles. The Morgan fingerprint density at radius 2 is 2.12 bits per heavy atom. The third kappa shape index (κ3) is 5.03. The lowest BCUT2D eigenvalue weighted by Gasteiger charge is -2.16. The van der Waals surface area contributed by atoms with E-state index in [2.05, 4.69) is 18.9 Å². The van der Waals surface area contributed by atoms with Gasteiger partial charge in [-0.3, -0.25) is 0 Å². The number of likely N-dealkylation sites (N-methyl/N-ethyl adjacent to an activating group) is 1. The fourth-order valence-corrected chi connectivity index (χ4v) is 1.46. The minimum atomic E-state index is 0.712. The summed E-state index contributed by atoms with van der Waals surface area (Å²) in [5, 5.41) is 0. The Hall–Kier alpha value is -1.22. The summed E-state index contributed by atoms with van der Waals surface area (Å²) >= 11 is 0. The second-order valence-corrected chi connectivity index (χ2v) is 4.08. The maximum atomic E-state index is 5.67. The lowest BCUT2D eigenvalue weighted by Crippen LogP contribution is -2.25. The molecule has 0 saturated carbocycles. The Bertz CT molecular complexity index is 302. The molecule has 0 atom stereocenters. The van der Waals surface area contributed by atoms with Gasteiger partial charge in [0, 0.05) is 18.3 Å². The van der Waals surface area contributed by atoms with E-state index >= 15 is 0 Å². The number of hydrogen-bond donors (Lipinski definition) is 1. The van der Waals surface area contributed by atoms with E-state index in [4.69, 9.17) is 10.5 Å². The first-order valence-corrected chi connectivity index (χ1v) is 5.89. The van der Waals surface area contributed by atoms with Crippen LogP contribution in [0.4, 0.5) is 5.69 Å². The molecular weight excluding hydrogens is 200 g/mol. The minimum absolute atomic E-state index is 0.712. The van der Waals surface area contributed by atoms with Crippen LogP contribution in [0, 0.1) is 0 Å². The number of hydrogen-bond acceptors (Lipinski definition) is 3. The summed E-state index contributed by atoms with van der Waals surface area (Å²) in [6.45, 7) is 5.01. The molecule has 0 aliphatic heterocycles. The molecule has 3 nitrogen and oxygen atoms in total. The fraction of sp³-hybridized carbons (Fsp3) is 0.538.